The van der Waals surface area contributed by atoms with Crippen molar-refractivity contribution >= 4 is 48.1 Å². The molecule has 0 unspecified atom stereocenters. The number of thiophene rings is 1. The maximum Gasteiger partial charge on any atom is 0.162 e. The van der Waals surface area contributed by atoms with E-state index in [1.165, 1.54) is 59.3 Å². The second-order valence-electron chi connectivity index (χ2n) is 15.0. The van der Waals surface area contributed by atoms with Gasteiger partial charge >= 0.3 is 0 Å². The number of aromatic nitrogens is 1. The third kappa shape index (κ3) is 8.67. The number of hydrogen-bond donors (Lipinski definition) is 1. The normalized spacial score (nSPS) is 12.2. The van der Waals surface area contributed by atoms with E-state index >= 15 is 0 Å². The molecule has 0 saturated heterocycles. The van der Waals surface area contributed by atoms with E-state index in [9.17, 15) is 9.90 Å². The van der Waals surface area contributed by atoms with Gasteiger partial charge in [-0.25, -0.2) is 0 Å². The molecule has 2 aromatic heterocycles. The fraction of sp³-hybridized carbons (Fsp3) is 0.422. The summed E-state index contributed by atoms with van der Waals surface area (Å²) < 4.78 is 4.72. The molecule has 0 aliphatic carbocycles. The summed E-state index contributed by atoms with van der Waals surface area (Å²) >= 11 is 1.90. The number of benzene rings is 3. The van der Waals surface area contributed by atoms with Crippen LogP contribution in [0.15, 0.2) is 66.6 Å². The smallest absolute Gasteiger partial charge is 0.162 e. The third-order valence-corrected chi connectivity index (χ3v) is 11.5. The Morgan fingerprint density at radius 3 is 2.02 bits per heavy atom. The van der Waals surface area contributed by atoms with Gasteiger partial charge in [0.2, 0.25) is 0 Å². The molecule has 0 aliphatic rings. The van der Waals surface area contributed by atoms with Crippen LogP contribution in [0.1, 0.15) is 110 Å². The first-order chi connectivity index (χ1) is 23.2. The predicted octanol–water partition coefficient (Wildman–Crippen LogP) is 12.7. The molecule has 0 spiro atoms. The number of allylic oxidation sites excluding steroid dienone is 2. The van der Waals surface area contributed by atoms with E-state index in [2.05, 4.69) is 110 Å². The first kappa shape index (κ1) is 41.3. The Kier molecular flexibility index (Phi) is 14.4. The van der Waals surface area contributed by atoms with E-state index < -0.39 is 0 Å². The van der Waals surface area contributed by atoms with Crippen LogP contribution in [0.5, 0.6) is 0 Å². The summed E-state index contributed by atoms with van der Waals surface area (Å²) in [6.07, 6.45) is 8.12. The SMILES string of the molecule is CCC(CC)C(=O)/C=C(\O)C(CC)CC.[CH2-]c1c(-c2c3sc4c(C)c(CC(C)C)ccc4c3cc[n+]2[CH2-])cc(C(C)(C)C)c2ccccc12.[Ir]. The molecule has 5 aromatic rings. The molecular weight excluding hydrogens is 811 g/mol. The molecule has 1 N–H and O–H groups in total. The minimum atomic E-state index is 0. The van der Waals surface area contributed by atoms with Gasteiger partial charge < -0.3 is 9.67 Å². The number of fused-ring (bicyclic) bond motifs is 4. The topological polar surface area (TPSA) is 41.2 Å². The van der Waals surface area contributed by atoms with Gasteiger partial charge in [-0.2, -0.15) is 12.5 Å². The van der Waals surface area contributed by atoms with E-state index in [-0.39, 0.29) is 48.9 Å². The Balaban J connectivity index is 0.000000361. The number of aryl methyl sites for hydroxylation is 1. The minimum absolute atomic E-state index is 0. The predicted molar refractivity (Wildman–Crippen MR) is 214 cm³/mol. The van der Waals surface area contributed by atoms with Gasteiger partial charge in [-0.15, -0.1) is 34.4 Å². The van der Waals surface area contributed by atoms with Crippen LogP contribution in [0, 0.1) is 38.6 Å². The number of nitrogens with zero attached hydrogens (tertiary/aromatic N) is 1. The second kappa shape index (κ2) is 17.4. The molecule has 3 aromatic carbocycles. The minimum Gasteiger partial charge on any atom is -0.512 e. The van der Waals surface area contributed by atoms with Gasteiger partial charge in [0.05, 0.1) is 17.6 Å². The van der Waals surface area contributed by atoms with E-state index in [0.29, 0.717) is 5.92 Å². The summed E-state index contributed by atoms with van der Waals surface area (Å²) in [5.74, 6) is 1.19. The number of rotatable bonds is 10. The molecule has 271 valence electrons. The first-order valence-corrected chi connectivity index (χ1v) is 19.0. The molecule has 3 nitrogen and oxygen atoms in total. The maximum atomic E-state index is 11.7. The maximum absolute atomic E-state index is 11.7. The molecule has 0 saturated carbocycles. The molecule has 1 radical (unpaired) electrons. The van der Waals surface area contributed by atoms with Gasteiger partial charge in [-0.1, -0.05) is 104 Å². The third-order valence-electron chi connectivity index (χ3n) is 10.1. The Morgan fingerprint density at radius 1 is 0.880 bits per heavy atom. The van der Waals surface area contributed by atoms with E-state index in [4.69, 9.17) is 0 Å². The zero-order valence-corrected chi connectivity index (χ0v) is 35.2. The Bertz CT molecular complexity index is 1970. The van der Waals surface area contributed by atoms with Crippen molar-refractivity contribution in [3.05, 3.63) is 103 Å². The summed E-state index contributed by atoms with van der Waals surface area (Å²) in [5, 5.41) is 14.9. The van der Waals surface area contributed by atoms with Gasteiger partial charge in [0.1, 0.15) is 0 Å². The Morgan fingerprint density at radius 2 is 1.46 bits per heavy atom. The quantitative estimate of drug-likeness (QED) is 0.0657. The zero-order chi connectivity index (χ0) is 36.2. The molecule has 0 aliphatic heterocycles. The first-order valence-electron chi connectivity index (χ1n) is 18.2. The van der Waals surface area contributed by atoms with Crippen molar-refractivity contribution in [1.29, 1.82) is 0 Å². The zero-order valence-electron chi connectivity index (χ0n) is 32.0. The van der Waals surface area contributed by atoms with Gasteiger partial charge in [0.15, 0.2) is 5.78 Å². The summed E-state index contributed by atoms with van der Waals surface area (Å²) in [4.78, 5) is 11.7. The van der Waals surface area contributed by atoms with Crippen LogP contribution >= 0.6 is 11.3 Å². The molecule has 0 bridgehead atoms. The largest absolute Gasteiger partial charge is 0.512 e. The molecule has 5 heteroatoms. The average molecular weight is 869 g/mol. The number of aliphatic hydroxyl groups excluding tert-OH is 1. The van der Waals surface area contributed by atoms with E-state index in [1.54, 1.807) is 0 Å². The van der Waals surface area contributed by atoms with E-state index in [0.717, 1.165) is 43.4 Å². The Hall–Kier alpha value is -3.11. The van der Waals surface area contributed by atoms with Crippen molar-refractivity contribution < 1.29 is 34.6 Å². The van der Waals surface area contributed by atoms with Gasteiger partial charge in [-0.3, -0.25) is 4.79 Å². The summed E-state index contributed by atoms with van der Waals surface area (Å²) in [6.45, 7) is 26.4. The Labute approximate surface area is 319 Å². The van der Waals surface area contributed by atoms with E-state index in [1.807, 2.05) is 43.6 Å². The number of aliphatic hydroxyl groups is 1. The standard InChI is InChI=1S/C32H34NS.C13H24O2.Ir/c1-19(2)17-22-13-14-25-26-15-16-33(8)29(31(26)34-30(25)20(22)3)27-18-28(32(5,6)7)24-12-10-9-11-23(24)21(27)4;1-5-10(6-2)12(14)9-13(15)11(7-3)8-4;/h9-16,18-19H,4,8,17H2,1-3,5-7H3;9-11,14H,5-8H2,1-4H3;/q-1;;/b;12-9-;. The van der Waals surface area contributed by atoms with Crippen molar-refractivity contribution in [2.75, 3.05) is 0 Å². The van der Waals surface area contributed by atoms with Gasteiger partial charge in [0, 0.05) is 54.5 Å². The van der Waals surface area contributed by atoms with Crippen LogP contribution in [0.4, 0.5) is 0 Å². The van der Waals surface area contributed by atoms with Crippen molar-refractivity contribution in [3.8, 4) is 11.3 Å². The average Bonchev–Trinajstić information content (AvgIpc) is 3.43. The second-order valence-corrected chi connectivity index (χ2v) is 16.1. The molecule has 0 atom stereocenters. The van der Waals surface area contributed by atoms with Crippen molar-refractivity contribution in [2.24, 2.45) is 17.8 Å². The van der Waals surface area contributed by atoms with Crippen LogP contribution in [0.2, 0.25) is 0 Å². The molecule has 2 heterocycles. The number of hydrogen-bond acceptors (Lipinski definition) is 3. The fourth-order valence-electron chi connectivity index (χ4n) is 7.05. The van der Waals surface area contributed by atoms with Gasteiger partial charge in [-0.05, 0) is 78.3 Å². The van der Waals surface area contributed by atoms with Crippen LogP contribution in [0.3, 0.4) is 0 Å². The summed E-state index contributed by atoms with van der Waals surface area (Å²) in [5.41, 5.74) is 7.64. The molecule has 0 amide bonds. The van der Waals surface area contributed by atoms with Crippen molar-refractivity contribution in [3.63, 3.8) is 0 Å². The van der Waals surface area contributed by atoms with Crippen LogP contribution in [-0.4, -0.2) is 10.9 Å². The number of ketones is 1. The molecule has 50 heavy (non-hydrogen) atoms. The van der Waals surface area contributed by atoms with Crippen molar-refractivity contribution in [1.82, 2.24) is 0 Å². The number of carbonyl (C=O) groups excluding carboxylic acids is 1. The fourth-order valence-corrected chi connectivity index (χ4v) is 8.44. The van der Waals surface area contributed by atoms with Crippen LogP contribution in [-0.2, 0) is 36.7 Å². The summed E-state index contributed by atoms with van der Waals surface area (Å²) in [6, 6.07) is 17.9. The summed E-state index contributed by atoms with van der Waals surface area (Å²) in [7, 11) is 4.41. The molecular formula is C45H58IrNO2S-. The van der Waals surface area contributed by atoms with Crippen LogP contribution in [0.25, 0.3) is 42.2 Å². The van der Waals surface area contributed by atoms with Crippen LogP contribution < -0.4 is 4.57 Å². The molecule has 0 fully saturated rings. The number of carbonyl (C=O) groups is 1. The number of pyridine rings is 1. The van der Waals surface area contributed by atoms with Crippen molar-refractivity contribution in [2.45, 2.75) is 107 Å². The molecule has 5 rings (SSSR count). The van der Waals surface area contributed by atoms with Gasteiger partial charge in [0.25, 0.3) is 0 Å². The monoisotopic (exact) mass is 869 g/mol.